The van der Waals surface area contributed by atoms with E-state index < -0.39 is 0 Å². The predicted molar refractivity (Wildman–Crippen MR) is 112 cm³/mol. The third-order valence-corrected chi connectivity index (χ3v) is 5.10. The standard InChI is InChI=1S/C21H24N4O3/c1-24(2)8-5-9-25-19-13-6-7-22-20(13)23-12-16(19)14-10-17(27-3)18(28-4)11-15(14)21(25)26/h6-7,10-12H,5,8-9H2,1-4H3,(H,22,23). The molecule has 4 rings (SSSR count). The molecule has 0 aliphatic carbocycles. The van der Waals surface area contributed by atoms with Gasteiger partial charge in [-0.15, -0.1) is 0 Å². The number of aromatic amines is 1. The summed E-state index contributed by atoms with van der Waals surface area (Å²) in [6, 6.07) is 5.60. The van der Waals surface area contributed by atoms with Gasteiger partial charge in [0, 0.05) is 35.1 Å². The van der Waals surface area contributed by atoms with Gasteiger partial charge in [-0.2, -0.15) is 0 Å². The number of rotatable bonds is 6. The Balaban J connectivity index is 2.09. The lowest BCUT2D eigenvalue weighted by Gasteiger charge is -2.17. The molecule has 0 spiro atoms. The van der Waals surface area contributed by atoms with Gasteiger partial charge >= 0.3 is 0 Å². The van der Waals surface area contributed by atoms with Crippen molar-refractivity contribution < 1.29 is 9.47 Å². The van der Waals surface area contributed by atoms with Crippen molar-refractivity contribution >= 4 is 32.7 Å². The minimum absolute atomic E-state index is 0.0316. The fourth-order valence-electron chi connectivity index (χ4n) is 3.77. The Morgan fingerprint density at radius 2 is 1.79 bits per heavy atom. The molecule has 0 bridgehead atoms. The van der Waals surface area contributed by atoms with Gasteiger partial charge in [-0.25, -0.2) is 4.98 Å². The van der Waals surface area contributed by atoms with E-state index in [1.54, 1.807) is 20.3 Å². The molecule has 1 aromatic carbocycles. The van der Waals surface area contributed by atoms with Crippen LogP contribution < -0.4 is 15.0 Å². The maximum atomic E-state index is 13.5. The Hall–Kier alpha value is -3.06. The molecule has 0 aliphatic rings. The molecule has 7 nitrogen and oxygen atoms in total. The van der Waals surface area contributed by atoms with Crippen molar-refractivity contribution in [1.82, 2.24) is 19.4 Å². The molecule has 0 saturated heterocycles. The van der Waals surface area contributed by atoms with Crippen LogP contribution in [0.3, 0.4) is 0 Å². The second kappa shape index (κ2) is 7.16. The highest BCUT2D eigenvalue weighted by Crippen LogP contribution is 2.35. The van der Waals surface area contributed by atoms with Crippen molar-refractivity contribution in [3.05, 3.63) is 40.9 Å². The average molecular weight is 380 g/mol. The highest BCUT2D eigenvalue weighted by molar-refractivity contribution is 6.14. The van der Waals surface area contributed by atoms with Gasteiger partial charge in [-0.1, -0.05) is 0 Å². The minimum atomic E-state index is -0.0316. The maximum Gasteiger partial charge on any atom is 0.259 e. The fourth-order valence-corrected chi connectivity index (χ4v) is 3.77. The van der Waals surface area contributed by atoms with Crippen LogP contribution in [0.5, 0.6) is 11.5 Å². The van der Waals surface area contributed by atoms with E-state index >= 15 is 0 Å². The summed E-state index contributed by atoms with van der Waals surface area (Å²) in [5.41, 5.74) is 1.64. The number of benzene rings is 1. The Bertz CT molecular complexity index is 1220. The summed E-state index contributed by atoms with van der Waals surface area (Å²) in [6.07, 6.45) is 4.55. The minimum Gasteiger partial charge on any atom is -0.493 e. The summed E-state index contributed by atoms with van der Waals surface area (Å²) in [5.74, 6) is 1.14. The molecule has 146 valence electrons. The van der Waals surface area contributed by atoms with Gasteiger partial charge in [-0.3, -0.25) is 4.79 Å². The van der Waals surface area contributed by atoms with Crippen molar-refractivity contribution in [2.75, 3.05) is 34.9 Å². The van der Waals surface area contributed by atoms with Crippen LogP contribution >= 0.6 is 0 Å². The fraction of sp³-hybridized carbons (Fsp3) is 0.333. The van der Waals surface area contributed by atoms with Gasteiger partial charge in [0.1, 0.15) is 5.65 Å². The van der Waals surface area contributed by atoms with Crippen molar-refractivity contribution in [3.63, 3.8) is 0 Å². The van der Waals surface area contributed by atoms with Gasteiger partial charge in [0.05, 0.1) is 25.1 Å². The second-order valence-electron chi connectivity index (χ2n) is 7.13. The SMILES string of the molecule is COc1cc2c(=O)n(CCCN(C)C)c3c4cc[nH]c4ncc3c2cc1OC. The first-order chi connectivity index (χ1) is 13.5. The van der Waals surface area contributed by atoms with E-state index in [2.05, 4.69) is 14.9 Å². The molecule has 0 unspecified atom stereocenters. The molecule has 7 heteroatoms. The van der Waals surface area contributed by atoms with Crippen molar-refractivity contribution in [1.29, 1.82) is 0 Å². The van der Waals surface area contributed by atoms with Crippen LogP contribution in [0.25, 0.3) is 32.7 Å². The van der Waals surface area contributed by atoms with Gasteiger partial charge in [-0.05, 0) is 45.3 Å². The number of hydrogen-bond acceptors (Lipinski definition) is 5. The molecule has 28 heavy (non-hydrogen) atoms. The largest absolute Gasteiger partial charge is 0.493 e. The Morgan fingerprint density at radius 1 is 1.07 bits per heavy atom. The predicted octanol–water partition coefficient (Wildman–Crippen LogP) is 3.00. The van der Waals surface area contributed by atoms with E-state index in [-0.39, 0.29) is 5.56 Å². The highest BCUT2D eigenvalue weighted by atomic mass is 16.5. The van der Waals surface area contributed by atoms with E-state index in [0.29, 0.717) is 23.4 Å². The zero-order valence-corrected chi connectivity index (χ0v) is 16.6. The zero-order valence-electron chi connectivity index (χ0n) is 16.6. The van der Waals surface area contributed by atoms with Crippen LogP contribution in [-0.2, 0) is 6.54 Å². The molecule has 1 N–H and O–H groups in total. The Morgan fingerprint density at radius 3 is 2.46 bits per heavy atom. The molecular formula is C21H24N4O3. The smallest absolute Gasteiger partial charge is 0.259 e. The molecule has 0 aliphatic heterocycles. The number of aryl methyl sites for hydroxylation is 1. The average Bonchev–Trinajstić information content (AvgIpc) is 3.17. The maximum absolute atomic E-state index is 13.5. The number of methoxy groups -OCH3 is 2. The van der Waals surface area contributed by atoms with Crippen molar-refractivity contribution in [2.45, 2.75) is 13.0 Å². The van der Waals surface area contributed by atoms with E-state index in [9.17, 15) is 4.79 Å². The van der Waals surface area contributed by atoms with E-state index in [0.717, 1.165) is 40.3 Å². The van der Waals surface area contributed by atoms with Gasteiger partial charge in [0.25, 0.3) is 5.56 Å². The van der Waals surface area contributed by atoms with Crippen LogP contribution in [-0.4, -0.2) is 54.3 Å². The first kappa shape index (κ1) is 18.3. The van der Waals surface area contributed by atoms with Crippen LogP contribution in [0.15, 0.2) is 35.4 Å². The lowest BCUT2D eigenvalue weighted by atomic mass is 10.0. The third-order valence-electron chi connectivity index (χ3n) is 5.10. The molecule has 0 atom stereocenters. The molecule has 3 aromatic heterocycles. The number of aromatic nitrogens is 3. The van der Waals surface area contributed by atoms with Crippen molar-refractivity contribution in [2.24, 2.45) is 0 Å². The third kappa shape index (κ3) is 2.88. The normalized spacial score (nSPS) is 11.8. The summed E-state index contributed by atoms with van der Waals surface area (Å²) >= 11 is 0. The monoisotopic (exact) mass is 380 g/mol. The van der Waals surface area contributed by atoms with Gasteiger partial charge < -0.3 is 23.9 Å². The number of fused-ring (bicyclic) bond motifs is 5. The number of H-pyrrole nitrogens is 1. The van der Waals surface area contributed by atoms with Gasteiger partial charge in [0.15, 0.2) is 11.5 Å². The van der Waals surface area contributed by atoms with E-state index in [1.165, 1.54) is 0 Å². The van der Waals surface area contributed by atoms with E-state index in [4.69, 9.17) is 9.47 Å². The van der Waals surface area contributed by atoms with E-state index in [1.807, 2.05) is 43.2 Å². The number of pyridine rings is 2. The molecule has 0 fully saturated rings. The highest BCUT2D eigenvalue weighted by Gasteiger charge is 2.17. The van der Waals surface area contributed by atoms with Crippen LogP contribution in [0.2, 0.25) is 0 Å². The summed E-state index contributed by atoms with van der Waals surface area (Å²) < 4.78 is 12.7. The van der Waals surface area contributed by atoms with Crippen LogP contribution in [0.4, 0.5) is 0 Å². The second-order valence-corrected chi connectivity index (χ2v) is 7.13. The quantitative estimate of drug-likeness (QED) is 0.521. The lowest BCUT2D eigenvalue weighted by Crippen LogP contribution is -2.24. The number of nitrogens with zero attached hydrogens (tertiary/aromatic N) is 3. The number of hydrogen-bond donors (Lipinski definition) is 1. The summed E-state index contributed by atoms with van der Waals surface area (Å²) in [5, 5.41) is 3.28. The van der Waals surface area contributed by atoms with Crippen molar-refractivity contribution in [3.8, 4) is 11.5 Å². The first-order valence-corrected chi connectivity index (χ1v) is 9.24. The molecular weight excluding hydrogens is 356 g/mol. The lowest BCUT2D eigenvalue weighted by molar-refractivity contribution is 0.356. The Labute approximate surface area is 162 Å². The van der Waals surface area contributed by atoms with Crippen LogP contribution in [0.1, 0.15) is 6.42 Å². The summed E-state index contributed by atoms with van der Waals surface area (Å²) in [4.78, 5) is 23.3. The molecule has 4 aromatic rings. The zero-order chi connectivity index (χ0) is 19.8. The summed E-state index contributed by atoms with van der Waals surface area (Å²) in [7, 11) is 7.24. The molecule has 3 heterocycles. The number of nitrogens with one attached hydrogen (secondary N) is 1. The van der Waals surface area contributed by atoms with Gasteiger partial charge in [0.2, 0.25) is 0 Å². The first-order valence-electron chi connectivity index (χ1n) is 9.24. The van der Waals surface area contributed by atoms with Crippen LogP contribution in [0, 0.1) is 0 Å². The Kier molecular flexibility index (Phi) is 4.68. The number of ether oxygens (including phenoxy) is 2. The molecule has 0 saturated carbocycles. The molecule has 0 amide bonds. The topological polar surface area (TPSA) is 72.4 Å². The summed E-state index contributed by atoms with van der Waals surface area (Å²) in [6.45, 7) is 1.53. The molecule has 0 radical (unpaired) electrons.